The Labute approximate surface area is 205 Å². The van der Waals surface area contributed by atoms with Crippen LogP contribution in [0.3, 0.4) is 0 Å². The van der Waals surface area contributed by atoms with Gasteiger partial charge >= 0.3 is 0 Å². The van der Waals surface area contributed by atoms with Gasteiger partial charge < -0.3 is 10.1 Å². The van der Waals surface area contributed by atoms with Gasteiger partial charge in [0.2, 0.25) is 0 Å². The summed E-state index contributed by atoms with van der Waals surface area (Å²) in [6, 6.07) is 19.1. The molecule has 3 aromatic rings. The highest BCUT2D eigenvalue weighted by atomic mass is 32.2. The number of benzene rings is 3. The molecule has 4 nitrogen and oxygen atoms in total. The highest BCUT2D eigenvalue weighted by Gasteiger charge is 2.52. The van der Waals surface area contributed by atoms with Crippen LogP contribution >= 0.6 is 11.8 Å². The van der Waals surface area contributed by atoms with E-state index in [1.165, 1.54) is 23.9 Å². The maximum Gasteiger partial charge on any atom is 0.257 e. The highest BCUT2D eigenvalue weighted by Crippen LogP contribution is 2.52. The van der Waals surface area contributed by atoms with Gasteiger partial charge in [-0.3, -0.25) is 9.79 Å². The molecule has 0 aromatic heterocycles. The van der Waals surface area contributed by atoms with Gasteiger partial charge in [-0.25, -0.2) is 13.2 Å². The first-order chi connectivity index (χ1) is 16.9. The number of amidine groups is 1. The summed E-state index contributed by atoms with van der Waals surface area (Å²) in [7, 11) is 0. The van der Waals surface area contributed by atoms with Crippen molar-refractivity contribution in [3.05, 3.63) is 107 Å². The minimum absolute atomic E-state index is 0.0169. The lowest BCUT2D eigenvalue weighted by molar-refractivity contribution is 0.0405. The van der Waals surface area contributed by atoms with Crippen LogP contribution in [0.25, 0.3) is 0 Å². The number of ether oxygens (including phenoxy) is 1. The smallest absolute Gasteiger partial charge is 0.257 e. The fourth-order valence-corrected chi connectivity index (χ4v) is 6.00. The van der Waals surface area contributed by atoms with E-state index in [0.717, 1.165) is 12.1 Å². The molecule has 1 heterocycles. The van der Waals surface area contributed by atoms with E-state index in [1.807, 2.05) is 6.07 Å². The lowest BCUT2D eigenvalue weighted by Crippen LogP contribution is -2.40. The molecular formula is C27H23F3N2O2S. The molecule has 1 N–H and O–H groups in total. The quantitative estimate of drug-likeness (QED) is 0.484. The van der Waals surface area contributed by atoms with Crippen LogP contribution in [0.4, 0.5) is 13.2 Å². The molecule has 0 spiro atoms. The molecular weight excluding hydrogens is 473 g/mol. The van der Waals surface area contributed by atoms with Gasteiger partial charge in [0.1, 0.15) is 5.82 Å². The van der Waals surface area contributed by atoms with E-state index in [0.29, 0.717) is 40.5 Å². The Morgan fingerprint density at radius 2 is 1.77 bits per heavy atom. The van der Waals surface area contributed by atoms with Gasteiger partial charge in [-0.1, -0.05) is 54.2 Å². The van der Waals surface area contributed by atoms with Crippen LogP contribution in [-0.2, 0) is 16.9 Å². The first-order valence-electron chi connectivity index (χ1n) is 11.3. The summed E-state index contributed by atoms with van der Waals surface area (Å²) in [6.07, 6.45) is 0.781. The summed E-state index contributed by atoms with van der Waals surface area (Å²) in [5.41, 5.74) is 0.606. The van der Waals surface area contributed by atoms with Crippen molar-refractivity contribution in [1.82, 2.24) is 5.32 Å². The molecule has 3 atom stereocenters. The second kappa shape index (κ2) is 9.87. The zero-order chi connectivity index (χ0) is 24.4. The molecule has 1 aliphatic heterocycles. The fraction of sp³-hybridized carbons (Fsp3) is 0.259. The number of carbonyl (C=O) groups is 1. The number of carbonyl (C=O) groups excluding carboxylic acids is 1. The number of nitrogens with one attached hydrogen (secondary N) is 1. The second-order valence-corrected chi connectivity index (χ2v) is 9.78. The summed E-state index contributed by atoms with van der Waals surface area (Å²) in [6.45, 7) is 0.108. The van der Waals surface area contributed by atoms with E-state index in [2.05, 4.69) is 5.32 Å². The van der Waals surface area contributed by atoms with Gasteiger partial charge in [-0.2, -0.15) is 0 Å². The maximum absolute atomic E-state index is 15.0. The number of halogens is 3. The minimum Gasteiger partial charge on any atom is -0.373 e. The van der Waals surface area contributed by atoms with Crippen molar-refractivity contribution in [2.75, 3.05) is 5.75 Å². The van der Waals surface area contributed by atoms with E-state index in [4.69, 9.17) is 9.73 Å². The summed E-state index contributed by atoms with van der Waals surface area (Å²) in [5, 5.41) is 3.32. The Hall–Kier alpha value is -3.10. The molecule has 1 aliphatic carbocycles. The molecule has 3 unspecified atom stereocenters. The van der Waals surface area contributed by atoms with Crippen LogP contribution in [0, 0.1) is 23.4 Å². The van der Waals surface area contributed by atoms with E-state index < -0.39 is 17.2 Å². The normalized spacial score (nSPS) is 23.5. The van der Waals surface area contributed by atoms with Crippen molar-refractivity contribution in [2.24, 2.45) is 10.9 Å². The first-order valence-corrected chi connectivity index (χ1v) is 12.3. The van der Waals surface area contributed by atoms with Crippen molar-refractivity contribution in [2.45, 2.75) is 31.1 Å². The number of hydrogen-bond acceptors (Lipinski definition) is 4. The largest absolute Gasteiger partial charge is 0.373 e. The number of rotatable bonds is 5. The van der Waals surface area contributed by atoms with E-state index in [1.54, 1.807) is 42.5 Å². The number of aliphatic imine (C=N–C) groups is 1. The van der Waals surface area contributed by atoms with Gasteiger partial charge in [0.25, 0.3) is 5.91 Å². The lowest BCUT2D eigenvalue weighted by atomic mass is 9.81. The predicted molar refractivity (Wildman–Crippen MR) is 130 cm³/mol. The average Bonchev–Trinajstić information content (AvgIpc) is 3.24. The third-order valence-corrected chi connectivity index (χ3v) is 7.59. The molecule has 2 aliphatic rings. The molecule has 0 radical (unpaired) electrons. The van der Waals surface area contributed by atoms with Crippen LogP contribution in [0.15, 0.2) is 77.8 Å². The molecule has 35 heavy (non-hydrogen) atoms. The summed E-state index contributed by atoms with van der Waals surface area (Å²) >= 11 is 1.43. The van der Waals surface area contributed by atoms with Gasteiger partial charge in [0.05, 0.1) is 18.2 Å². The van der Waals surface area contributed by atoms with Gasteiger partial charge in [0, 0.05) is 29.2 Å². The lowest BCUT2D eigenvalue weighted by Gasteiger charge is -2.36. The standard InChI is InChI=1S/C27H23F3N2O2S/c28-22-9-5-4-8-21(22)27-14-20(34-15-17-10-11-23(29)24(30)12-17)13-19(27)16-35-26(32-27)31-25(33)18-6-2-1-3-7-18/h1-12,19-20H,13-16H2,(H,31,32,33). The number of thioether (sulfide) groups is 1. The molecule has 1 saturated carbocycles. The van der Waals surface area contributed by atoms with E-state index >= 15 is 4.39 Å². The van der Waals surface area contributed by atoms with Crippen LogP contribution in [-0.4, -0.2) is 22.9 Å². The van der Waals surface area contributed by atoms with Crippen molar-refractivity contribution >= 4 is 22.8 Å². The van der Waals surface area contributed by atoms with Crippen molar-refractivity contribution in [1.29, 1.82) is 0 Å². The highest BCUT2D eigenvalue weighted by molar-refractivity contribution is 8.13. The molecule has 1 fully saturated rings. The summed E-state index contributed by atoms with van der Waals surface area (Å²) in [5.74, 6) is -1.85. The molecule has 8 heteroatoms. The number of hydrogen-bond donors (Lipinski definition) is 1. The van der Waals surface area contributed by atoms with Crippen LogP contribution in [0.5, 0.6) is 0 Å². The number of amides is 1. The van der Waals surface area contributed by atoms with Crippen LogP contribution in [0.2, 0.25) is 0 Å². The molecule has 0 bridgehead atoms. The predicted octanol–water partition coefficient (Wildman–Crippen LogP) is 5.83. The van der Waals surface area contributed by atoms with Gasteiger partial charge in [0.15, 0.2) is 16.8 Å². The third kappa shape index (κ3) is 4.86. The molecule has 180 valence electrons. The van der Waals surface area contributed by atoms with Crippen molar-refractivity contribution in [3.63, 3.8) is 0 Å². The average molecular weight is 497 g/mol. The Morgan fingerprint density at radius 1 is 1.00 bits per heavy atom. The second-order valence-electron chi connectivity index (χ2n) is 8.77. The topological polar surface area (TPSA) is 50.7 Å². The Balaban J connectivity index is 1.41. The van der Waals surface area contributed by atoms with E-state index in [9.17, 15) is 13.6 Å². The summed E-state index contributed by atoms with van der Waals surface area (Å²) in [4.78, 5) is 17.6. The Morgan fingerprint density at radius 3 is 2.54 bits per heavy atom. The zero-order valence-corrected chi connectivity index (χ0v) is 19.5. The van der Waals surface area contributed by atoms with Gasteiger partial charge in [-0.15, -0.1) is 0 Å². The monoisotopic (exact) mass is 496 g/mol. The Kier molecular flexibility index (Phi) is 6.67. The Bertz CT molecular complexity index is 1270. The first kappa shape index (κ1) is 23.6. The van der Waals surface area contributed by atoms with Gasteiger partial charge in [-0.05, 0) is 42.3 Å². The van der Waals surface area contributed by atoms with Crippen molar-refractivity contribution in [3.8, 4) is 0 Å². The molecule has 3 aromatic carbocycles. The molecule has 1 amide bonds. The summed E-state index contributed by atoms with van der Waals surface area (Å²) < 4.78 is 48.0. The van der Waals surface area contributed by atoms with Crippen LogP contribution < -0.4 is 5.32 Å². The van der Waals surface area contributed by atoms with Crippen LogP contribution in [0.1, 0.15) is 34.3 Å². The maximum atomic E-state index is 15.0. The zero-order valence-electron chi connectivity index (χ0n) is 18.7. The number of nitrogens with zero attached hydrogens (tertiary/aromatic N) is 1. The number of fused-ring (bicyclic) bond motifs is 1. The molecule has 0 saturated heterocycles. The van der Waals surface area contributed by atoms with E-state index in [-0.39, 0.29) is 30.4 Å². The third-order valence-electron chi connectivity index (χ3n) is 6.55. The van der Waals surface area contributed by atoms with Crippen molar-refractivity contribution < 1.29 is 22.7 Å². The SMILES string of the molecule is O=C(NC1=NC2(c3ccccc3F)CC(OCc3ccc(F)c(F)c3)CC2CS1)c1ccccc1. The molecule has 5 rings (SSSR count). The fourth-order valence-electron chi connectivity index (χ4n) is 4.84. The minimum atomic E-state index is -0.922.